The number of halogens is 1. The molecule has 0 aliphatic carbocycles. The minimum Gasteiger partial charge on any atom is -0.353 e. The third-order valence-corrected chi connectivity index (χ3v) is 4.29. The summed E-state index contributed by atoms with van der Waals surface area (Å²) in [6, 6.07) is 1.97. The van der Waals surface area contributed by atoms with Crippen LogP contribution in [0.25, 0.3) is 0 Å². The van der Waals surface area contributed by atoms with Gasteiger partial charge in [-0.15, -0.1) is 12.4 Å². The minimum atomic E-state index is -0.389. The molecule has 6 heteroatoms. The fraction of sp³-hybridized carbons (Fsp3) is 0.667. The molecule has 2 atom stereocenters. The Hall–Kier alpha value is -0.620. The molecule has 0 aliphatic heterocycles. The van der Waals surface area contributed by atoms with Gasteiger partial charge in [0.1, 0.15) is 0 Å². The number of nitrogens with zero attached hydrogens (tertiary/aromatic N) is 1. The van der Waals surface area contributed by atoms with Crippen LogP contribution in [0.1, 0.15) is 45.2 Å². The molecule has 0 aromatic carbocycles. The average molecular weight is 334 g/mol. The van der Waals surface area contributed by atoms with Crippen molar-refractivity contribution in [2.75, 3.05) is 19.6 Å². The predicted molar refractivity (Wildman–Crippen MR) is 93.1 cm³/mol. The highest BCUT2D eigenvalue weighted by atomic mass is 35.5. The SMILES string of the molecule is CCCC(N)C(=O)NCC(c1ccsc1)N(CC)CC.Cl. The van der Waals surface area contributed by atoms with E-state index in [1.165, 1.54) is 5.56 Å². The van der Waals surface area contributed by atoms with Gasteiger partial charge in [0.05, 0.1) is 12.1 Å². The summed E-state index contributed by atoms with van der Waals surface area (Å²) < 4.78 is 0. The molecule has 2 unspecified atom stereocenters. The van der Waals surface area contributed by atoms with Gasteiger partial charge in [-0.1, -0.05) is 27.2 Å². The van der Waals surface area contributed by atoms with E-state index in [1.54, 1.807) is 11.3 Å². The van der Waals surface area contributed by atoms with Crippen molar-refractivity contribution < 1.29 is 4.79 Å². The lowest BCUT2D eigenvalue weighted by Gasteiger charge is -2.29. The normalized spacial score (nSPS) is 13.6. The molecule has 0 aliphatic rings. The molecule has 1 aromatic heterocycles. The Labute approximate surface area is 138 Å². The van der Waals surface area contributed by atoms with Crippen molar-refractivity contribution in [3.05, 3.63) is 22.4 Å². The number of hydrogen-bond donors (Lipinski definition) is 2. The molecule has 21 heavy (non-hydrogen) atoms. The zero-order valence-electron chi connectivity index (χ0n) is 13.2. The maximum atomic E-state index is 12.0. The van der Waals surface area contributed by atoms with Gasteiger partial charge in [-0.05, 0) is 41.9 Å². The Morgan fingerprint density at radius 3 is 2.52 bits per heavy atom. The van der Waals surface area contributed by atoms with Gasteiger partial charge in [-0.25, -0.2) is 0 Å². The second kappa shape index (κ2) is 11.0. The summed E-state index contributed by atoms with van der Waals surface area (Å²) in [6.45, 7) is 8.88. The number of rotatable bonds is 9. The molecule has 1 rings (SSSR count). The van der Waals surface area contributed by atoms with Crippen LogP contribution in [0.5, 0.6) is 0 Å². The highest BCUT2D eigenvalue weighted by Gasteiger charge is 2.20. The van der Waals surface area contributed by atoms with Crippen LogP contribution in [0.3, 0.4) is 0 Å². The summed E-state index contributed by atoms with van der Waals surface area (Å²) in [4.78, 5) is 14.3. The lowest BCUT2D eigenvalue weighted by atomic mass is 10.1. The first kappa shape index (κ1) is 20.4. The fourth-order valence-corrected chi connectivity index (χ4v) is 3.06. The van der Waals surface area contributed by atoms with Crippen LogP contribution in [0.4, 0.5) is 0 Å². The highest BCUT2D eigenvalue weighted by molar-refractivity contribution is 7.07. The van der Waals surface area contributed by atoms with E-state index in [0.717, 1.165) is 25.9 Å². The predicted octanol–water partition coefficient (Wildman–Crippen LogP) is 2.80. The summed E-state index contributed by atoms with van der Waals surface area (Å²) in [5, 5.41) is 7.24. The van der Waals surface area contributed by atoms with Crippen LogP contribution in [0, 0.1) is 0 Å². The second-order valence-electron chi connectivity index (χ2n) is 4.93. The van der Waals surface area contributed by atoms with E-state index in [0.29, 0.717) is 6.54 Å². The quantitative estimate of drug-likeness (QED) is 0.730. The smallest absolute Gasteiger partial charge is 0.236 e. The van der Waals surface area contributed by atoms with Gasteiger partial charge in [0.2, 0.25) is 5.91 Å². The van der Waals surface area contributed by atoms with Crippen molar-refractivity contribution >= 4 is 29.7 Å². The Morgan fingerprint density at radius 2 is 2.05 bits per heavy atom. The van der Waals surface area contributed by atoms with E-state index in [-0.39, 0.29) is 30.4 Å². The van der Waals surface area contributed by atoms with Crippen molar-refractivity contribution in [3.63, 3.8) is 0 Å². The van der Waals surface area contributed by atoms with Crippen molar-refractivity contribution in [2.24, 2.45) is 5.73 Å². The number of hydrogen-bond acceptors (Lipinski definition) is 4. The summed E-state index contributed by atoms with van der Waals surface area (Å²) in [5.74, 6) is -0.0424. The number of amides is 1. The molecule has 1 amide bonds. The van der Waals surface area contributed by atoms with E-state index >= 15 is 0 Å². The lowest BCUT2D eigenvalue weighted by molar-refractivity contribution is -0.122. The van der Waals surface area contributed by atoms with Crippen molar-refractivity contribution in [2.45, 2.75) is 45.7 Å². The van der Waals surface area contributed by atoms with Gasteiger partial charge in [0.25, 0.3) is 0 Å². The first-order valence-electron chi connectivity index (χ1n) is 7.43. The molecular weight excluding hydrogens is 306 g/mol. The van der Waals surface area contributed by atoms with E-state index in [1.807, 2.05) is 6.92 Å². The number of thiophene rings is 1. The molecule has 0 radical (unpaired) electrons. The molecule has 0 saturated heterocycles. The largest absolute Gasteiger partial charge is 0.353 e. The zero-order chi connectivity index (χ0) is 15.0. The first-order valence-corrected chi connectivity index (χ1v) is 8.37. The minimum absolute atomic E-state index is 0. The topological polar surface area (TPSA) is 58.4 Å². The van der Waals surface area contributed by atoms with Gasteiger partial charge in [0.15, 0.2) is 0 Å². The number of carbonyl (C=O) groups is 1. The van der Waals surface area contributed by atoms with Crippen molar-refractivity contribution in [1.82, 2.24) is 10.2 Å². The molecule has 1 heterocycles. The number of nitrogens with one attached hydrogen (secondary N) is 1. The molecule has 0 saturated carbocycles. The van der Waals surface area contributed by atoms with Gasteiger partial charge in [0, 0.05) is 6.54 Å². The molecule has 0 fully saturated rings. The van der Waals surface area contributed by atoms with Crippen molar-refractivity contribution in [3.8, 4) is 0 Å². The van der Waals surface area contributed by atoms with E-state index < -0.39 is 0 Å². The maximum Gasteiger partial charge on any atom is 0.236 e. The van der Waals surface area contributed by atoms with Gasteiger partial charge in [-0.2, -0.15) is 11.3 Å². The van der Waals surface area contributed by atoms with E-state index in [2.05, 4.69) is 40.9 Å². The summed E-state index contributed by atoms with van der Waals surface area (Å²) in [7, 11) is 0. The standard InChI is InChI=1S/C15H27N3OS.ClH/c1-4-7-13(16)15(19)17-10-14(18(5-2)6-3)12-8-9-20-11-12;/h8-9,11,13-14H,4-7,10,16H2,1-3H3,(H,17,19);1H. The van der Waals surface area contributed by atoms with Gasteiger partial charge < -0.3 is 11.1 Å². The summed E-state index contributed by atoms with van der Waals surface area (Å²) in [5.41, 5.74) is 7.12. The monoisotopic (exact) mass is 333 g/mol. The van der Waals surface area contributed by atoms with Gasteiger partial charge in [-0.3, -0.25) is 9.69 Å². The molecular formula is C15H28ClN3OS. The molecule has 1 aromatic rings. The second-order valence-corrected chi connectivity index (χ2v) is 5.71. The molecule has 3 N–H and O–H groups in total. The number of likely N-dealkylation sites (N-methyl/N-ethyl adjacent to an activating group) is 1. The average Bonchev–Trinajstić information content (AvgIpc) is 2.97. The van der Waals surface area contributed by atoms with E-state index in [4.69, 9.17) is 5.73 Å². The summed E-state index contributed by atoms with van der Waals surface area (Å²) >= 11 is 1.69. The Morgan fingerprint density at radius 1 is 1.38 bits per heavy atom. The van der Waals surface area contributed by atoms with Crippen molar-refractivity contribution in [1.29, 1.82) is 0 Å². The highest BCUT2D eigenvalue weighted by Crippen LogP contribution is 2.22. The molecule has 0 spiro atoms. The lowest BCUT2D eigenvalue weighted by Crippen LogP contribution is -2.44. The molecule has 122 valence electrons. The van der Waals surface area contributed by atoms with Crippen LogP contribution in [0.15, 0.2) is 16.8 Å². The number of nitrogens with two attached hydrogens (primary N) is 1. The zero-order valence-corrected chi connectivity index (χ0v) is 14.8. The third-order valence-electron chi connectivity index (χ3n) is 3.59. The maximum absolute atomic E-state index is 12.0. The molecule has 0 bridgehead atoms. The fourth-order valence-electron chi connectivity index (χ4n) is 2.36. The molecule has 4 nitrogen and oxygen atoms in total. The Bertz CT molecular complexity index is 382. The Balaban J connectivity index is 0.00000400. The first-order chi connectivity index (χ1) is 9.63. The Kier molecular flexibility index (Phi) is 10.7. The van der Waals surface area contributed by atoms with Crippen LogP contribution >= 0.6 is 23.7 Å². The van der Waals surface area contributed by atoms with E-state index in [9.17, 15) is 4.79 Å². The van der Waals surface area contributed by atoms with Crippen LogP contribution < -0.4 is 11.1 Å². The van der Waals surface area contributed by atoms with Crippen LogP contribution in [-0.4, -0.2) is 36.5 Å². The summed E-state index contributed by atoms with van der Waals surface area (Å²) in [6.07, 6.45) is 1.67. The van der Waals surface area contributed by atoms with Gasteiger partial charge >= 0.3 is 0 Å². The number of carbonyl (C=O) groups excluding carboxylic acids is 1. The van der Waals surface area contributed by atoms with Crippen LogP contribution in [-0.2, 0) is 4.79 Å². The third kappa shape index (κ3) is 6.34. The van der Waals surface area contributed by atoms with Crippen LogP contribution in [0.2, 0.25) is 0 Å².